The third kappa shape index (κ3) is 3.12. The Labute approximate surface area is 150 Å². The molecule has 0 radical (unpaired) electrons. The predicted molar refractivity (Wildman–Crippen MR) is 101 cm³/mol. The average Bonchev–Trinajstić information content (AvgIpc) is 3.14. The summed E-state index contributed by atoms with van der Waals surface area (Å²) in [6.07, 6.45) is 5.25. The number of amides is 1. The Morgan fingerprint density at radius 1 is 1.00 bits per heavy atom. The quantitative estimate of drug-likeness (QED) is 0.518. The molecule has 0 bridgehead atoms. The molecule has 0 spiro atoms. The van der Waals surface area contributed by atoms with Gasteiger partial charge in [-0.3, -0.25) is 14.9 Å². The van der Waals surface area contributed by atoms with E-state index in [1.807, 2.05) is 54.6 Å². The van der Waals surface area contributed by atoms with Gasteiger partial charge in [-0.1, -0.05) is 36.4 Å². The van der Waals surface area contributed by atoms with Gasteiger partial charge >= 0.3 is 0 Å². The van der Waals surface area contributed by atoms with Crippen LogP contribution in [0.25, 0.3) is 22.0 Å². The van der Waals surface area contributed by atoms with Gasteiger partial charge in [0.25, 0.3) is 0 Å². The monoisotopic (exact) mass is 343 g/mol. The number of H-pyrrole nitrogens is 1. The van der Waals surface area contributed by atoms with Gasteiger partial charge in [0.2, 0.25) is 5.91 Å². The Morgan fingerprint density at radius 2 is 1.85 bits per heavy atom. The standard InChI is InChI=1S/C20H17N5O/c21-20(26)19(13-4-2-1-3-5-13)24-17-9-15(10-22-12-17)14-6-7-18-16(8-14)11-23-25-18/h1-12,19,24H,(H2,21,26)(H,23,25). The van der Waals surface area contributed by atoms with Crippen LogP contribution in [0.15, 0.2) is 73.2 Å². The van der Waals surface area contributed by atoms with Gasteiger partial charge in [0, 0.05) is 17.1 Å². The molecule has 0 aliphatic carbocycles. The van der Waals surface area contributed by atoms with E-state index in [1.54, 1.807) is 18.6 Å². The number of fused-ring (bicyclic) bond motifs is 1. The van der Waals surface area contributed by atoms with Crippen LogP contribution in [0.2, 0.25) is 0 Å². The highest BCUT2D eigenvalue weighted by atomic mass is 16.1. The molecule has 6 heteroatoms. The number of nitrogens with one attached hydrogen (secondary N) is 2. The molecule has 0 aliphatic heterocycles. The summed E-state index contributed by atoms with van der Waals surface area (Å²) in [5.74, 6) is -0.443. The van der Waals surface area contributed by atoms with Crippen LogP contribution in [0.3, 0.4) is 0 Å². The molecule has 1 amide bonds. The minimum atomic E-state index is -0.621. The molecule has 1 atom stereocenters. The molecular weight excluding hydrogens is 326 g/mol. The summed E-state index contributed by atoms with van der Waals surface area (Å²) in [5.41, 5.74) is 10.1. The Hall–Kier alpha value is -3.67. The smallest absolute Gasteiger partial charge is 0.244 e. The van der Waals surface area contributed by atoms with E-state index in [4.69, 9.17) is 5.73 Å². The first-order valence-corrected chi connectivity index (χ1v) is 8.20. The lowest BCUT2D eigenvalue weighted by atomic mass is 10.0. The fourth-order valence-corrected chi connectivity index (χ4v) is 2.93. The Balaban J connectivity index is 1.65. The maximum atomic E-state index is 11.9. The molecule has 4 N–H and O–H groups in total. The lowest BCUT2D eigenvalue weighted by molar-refractivity contribution is -0.118. The Morgan fingerprint density at radius 3 is 2.65 bits per heavy atom. The van der Waals surface area contributed by atoms with Crippen molar-refractivity contribution in [2.75, 3.05) is 5.32 Å². The fourth-order valence-electron chi connectivity index (χ4n) is 2.93. The van der Waals surface area contributed by atoms with Crippen molar-refractivity contribution < 1.29 is 4.79 Å². The van der Waals surface area contributed by atoms with E-state index in [0.717, 1.165) is 33.3 Å². The second-order valence-corrected chi connectivity index (χ2v) is 6.02. The van der Waals surface area contributed by atoms with Gasteiger partial charge in [0.15, 0.2) is 0 Å². The number of nitrogens with zero attached hydrogens (tertiary/aromatic N) is 2. The second kappa shape index (κ2) is 6.68. The summed E-state index contributed by atoms with van der Waals surface area (Å²) in [6.45, 7) is 0. The molecule has 0 saturated carbocycles. The van der Waals surface area contributed by atoms with E-state index in [0.29, 0.717) is 0 Å². The minimum Gasteiger partial charge on any atom is -0.369 e. The number of anilines is 1. The van der Waals surface area contributed by atoms with Crippen LogP contribution in [-0.4, -0.2) is 21.1 Å². The van der Waals surface area contributed by atoms with E-state index in [1.165, 1.54) is 0 Å². The van der Waals surface area contributed by atoms with Crippen LogP contribution in [-0.2, 0) is 4.79 Å². The van der Waals surface area contributed by atoms with Crippen LogP contribution in [0.1, 0.15) is 11.6 Å². The SMILES string of the molecule is NC(=O)C(Nc1cncc(-c2ccc3[nH]ncc3c2)c1)c1ccccc1. The van der Waals surface area contributed by atoms with Crippen molar-refractivity contribution >= 4 is 22.5 Å². The largest absolute Gasteiger partial charge is 0.369 e. The number of aromatic amines is 1. The molecule has 1 unspecified atom stereocenters. The van der Waals surface area contributed by atoms with Crippen molar-refractivity contribution in [3.8, 4) is 11.1 Å². The van der Waals surface area contributed by atoms with Gasteiger partial charge < -0.3 is 11.1 Å². The molecule has 2 heterocycles. The zero-order valence-electron chi connectivity index (χ0n) is 13.9. The van der Waals surface area contributed by atoms with Crippen LogP contribution in [0.4, 0.5) is 5.69 Å². The highest BCUT2D eigenvalue weighted by Crippen LogP contribution is 2.26. The maximum absolute atomic E-state index is 11.9. The number of hydrogen-bond donors (Lipinski definition) is 3. The van der Waals surface area contributed by atoms with Gasteiger partial charge in [-0.05, 0) is 29.3 Å². The van der Waals surface area contributed by atoms with Crippen molar-refractivity contribution in [1.82, 2.24) is 15.2 Å². The molecule has 4 aromatic rings. The molecule has 6 nitrogen and oxygen atoms in total. The zero-order valence-corrected chi connectivity index (χ0v) is 13.9. The van der Waals surface area contributed by atoms with E-state index in [-0.39, 0.29) is 0 Å². The summed E-state index contributed by atoms with van der Waals surface area (Å²) in [7, 11) is 0. The van der Waals surface area contributed by atoms with Crippen molar-refractivity contribution in [3.05, 3.63) is 78.8 Å². The minimum absolute atomic E-state index is 0.443. The van der Waals surface area contributed by atoms with Crippen LogP contribution in [0.5, 0.6) is 0 Å². The normalized spacial score (nSPS) is 12.0. The number of carbonyl (C=O) groups excluding carboxylic acids is 1. The number of aromatic nitrogens is 3. The molecular formula is C20H17N5O. The molecule has 26 heavy (non-hydrogen) atoms. The van der Waals surface area contributed by atoms with E-state index >= 15 is 0 Å². The summed E-state index contributed by atoms with van der Waals surface area (Å²) in [6, 6.07) is 16.7. The number of pyridine rings is 1. The van der Waals surface area contributed by atoms with Crippen LogP contribution in [0, 0.1) is 0 Å². The summed E-state index contributed by atoms with van der Waals surface area (Å²) < 4.78 is 0. The highest BCUT2D eigenvalue weighted by Gasteiger charge is 2.17. The van der Waals surface area contributed by atoms with E-state index < -0.39 is 11.9 Å². The van der Waals surface area contributed by atoms with Crippen LogP contribution < -0.4 is 11.1 Å². The van der Waals surface area contributed by atoms with Crippen LogP contribution >= 0.6 is 0 Å². The van der Waals surface area contributed by atoms with Crippen molar-refractivity contribution in [2.24, 2.45) is 5.73 Å². The van der Waals surface area contributed by atoms with Gasteiger partial charge in [-0.15, -0.1) is 0 Å². The molecule has 0 aliphatic rings. The van der Waals surface area contributed by atoms with Gasteiger partial charge in [-0.2, -0.15) is 5.10 Å². The summed E-state index contributed by atoms with van der Waals surface area (Å²) in [4.78, 5) is 16.2. The number of benzene rings is 2. The molecule has 2 aromatic carbocycles. The number of hydrogen-bond acceptors (Lipinski definition) is 4. The zero-order chi connectivity index (χ0) is 17.9. The molecule has 0 saturated heterocycles. The highest BCUT2D eigenvalue weighted by molar-refractivity contribution is 5.86. The second-order valence-electron chi connectivity index (χ2n) is 6.02. The van der Waals surface area contributed by atoms with Gasteiger partial charge in [-0.25, -0.2) is 0 Å². The number of rotatable bonds is 5. The van der Waals surface area contributed by atoms with E-state index in [2.05, 4.69) is 20.5 Å². The van der Waals surface area contributed by atoms with E-state index in [9.17, 15) is 4.79 Å². The summed E-state index contributed by atoms with van der Waals surface area (Å²) in [5, 5.41) is 11.2. The number of carbonyl (C=O) groups is 1. The number of primary amides is 1. The Kier molecular flexibility index (Phi) is 4.07. The first-order chi connectivity index (χ1) is 12.7. The summed E-state index contributed by atoms with van der Waals surface area (Å²) >= 11 is 0. The molecule has 2 aromatic heterocycles. The molecule has 128 valence electrons. The van der Waals surface area contributed by atoms with Gasteiger partial charge in [0.05, 0.1) is 23.6 Å². The van der Waals surface area contributed by atoms with Crippen molar-refractivity contribution in [2.45, 2.75) is 6.04 Å². The third-order valence-corrected chi connectivity index (χ3v) is 4.24. The lowest BCUT2D eigenvalue weighted by Crippen LogP contribution is -2.27. The molecule has 0 fully saturated rings. The first kappa shape index (κ1) is 15.8. The topological polar surface area (TPSA) is 96.7 Å². The maximum Gasteiger partial charge on any atom is 0.244 e. The predicted octanol–water partition coefficient (Wildman–Crippen LogP) is 3.26. The fraction of sp³-hybridized carbons (Fsp3) is 0.0500. The van der Waals surface area contributed by atoms with Crippen molar-refractivity contribution in [1.29, 1.82) is 0 Å². The van der Waals surface area contributed by atoms with Gasteiger partial charge in [0.1, 0.15) is 6.04 Å². The molecule has 4 rings (SSSR count). The van der Waals surface area contributed by atoms with Crippen molar-refractivity contribution in [3.63, 3.8) is 0 Å². The average molecular weight is 343 g/mol. The Bertz CT molecular complexity index is 1060. The lowest BCUT2D eigenvalue weighted by Gasteiger charge is -2.17. The third-order valence-electron chi connectivity index (χ3n) is 4.24. The number of nitrogens with two attached hydrogens (primary N) is 1. The first-order valence-electron chi connectivity index (χ1n) is 8.20.